The molecule has 3 aliphatic carbocycles. The molecular weight excluding hydrogens is 531 g/mol. The largest absolute Gasteiger partial charge is 0.335 e. The Labute approximate surface area is 263 Å². The standard InChI is InChI=1S/C41H43BN2/c1-26-25-36-38-39-37(26)40(2)30-19-9-7-17-28(30)29-18-8-10-20-31(29)41(40,3)44(39)35-24-14-12-22-33(35)42(38)32-21-11-13-23-34(32)43(36)27-15-5-4-6-16-27/h4-6,11-16,21-25,28-31H,7-10,17-20H2,1-3H3. The van der Waals surface area contributed by atoms with Crippen molar-refractivity contribution in [2.24, 2.45) is 23.7 Å². The lowest BCUT2D eigenvalue weighted by molar-refractivity contribution is -0.0769. The molecule has 2 nitrogen and oxygen atoms in total. The Bertz CT molecular complexity index is 1830. The van der Waals surface area contributed by atoms with Crippen LogP contribution in [0.15, 0.2) is 84.9 Å². The molecule has 0 saturated heterocycles. The topological polar surface area (TPSA) is 6.48 Å². The fourth-order valence-electron chi connectivity index (χ4n) is 12.4. The maximum atomic E-state index is 2.99. The number of benzene rings is 4. The van der Waals surface area contributed by atoms with E-state index < -0.39 is 0 Å². The predicted octanol–water partition coefficient (Wildman–Crippen LogP) is 8.40. The Kier molecular flexibility index (Phi) is 5.19. The van der Waals surface area contributed by atoms with Crippen LogP contribution in [0.3, 0.4) is 0 Å². The first-order valence-corrected chi connectivity index (χ1v) is 17.6. The van der Waals surface area contributed by atoms with E-state index in [1.165, 1.54) is 90.6 Å². The Morgan fingerprint density at radius 3 is 2.00 bits per heavy atom. The molecule has 6 atom stereocenters. The second kappa shape index (κ2) is 8.84. The third-order valence-electron chi connectivity index (χ3n) is 13.9. The van der Waals surface area contributed by atoms with Crippen LogP contribution in [0.25, 0.3) is 0 Å². The lowest BCUT2D eigenvalue weighted by Crippen LogP contribution is -2.70. The lowest BCUT2D eigenvalue weighted by atomic mass is 9.33. The van der Waals surface area contributed by atoms with Crippen LogP contribution in [-0.4, -0.2) is 12.3 Å². The predicted molar refractivity (Wildman–Crippen MR) is 186 cm³/mol. The molecule has 0 aromatic heterocycles. The van der Waals surface area contributed by atoms with E-state index in [-0.39, 0.29) is 17.7 Å². The minimum absolute atomic E-state index is 0.0639. The molecule has 10 rings (SSSR count). The van der Waals surface area contributed by atoms with Gasteiger partial charge in [0.25, 0.3) is 6.71 Å². The van der Waals surface area contributed by atoms with Gasteiger partial charge in [0.05, 0.1) is 5.54 Å². The Morgan fingerprint density at radius 2 is 1.25 bits per heavy atom. The van der Waals surface area contributed by atoms with Crippen molar-refractivity contribution in [3.63, 3.8) is 0 Å². The van der Waals surface area contributed by atoms with Gasteiger partial charge in [-0.3, -0.25) is 0 Å². The van der Waals surface area contributed by atoms with Gasteiger partial charge in [0.2, 0.25) is 0 Å². The first-order chi connectivity index (χ1) is 21.5. The maximum absolute atomic E-state index is 2.99. The van der Waals surface area contributed by atoms with Crippen LogP contribution in [0.4, 0.5) is 28.4 Å². The van der Waals surface area contributed by atoms with Crippen LogP contribution in [0.5, 0.6) is 0 Å². The van der Waals surface area contributed by atoms with Crippen LogP contribution in [0.1, 0.15) is 76.3 Å². The summed E-state index contributed by atoms with van der Waals surface area (Å²) >= 11 is 0. The smallest absolute Gasteiger partial charge is 0.252 e. The molecule has 6 unspecified atom stereocenters. The van der Waals surface area contributed by atoms with E-state index in [4.69, 9.17) is 0 Å². The van der Waals surface area contributed by atoms with Crippen molar-refractivity contribution in [2.75, 3.05) is 9.80 Å². The van der Waals surface area contributed by atoms with Gasteiger partial charge in [0, 0.05) is 33.9 Å². The molecule has 44 heavy (non-hydrogen) atoms. The molecule has 220 valence electrons. The summed E-state index contributed by atoms with van der Waals surface area (Å²) in [6, 6.07) is 32.5. The first-order valence-electron chi connectivity index (χ1n) is 17.6. The number of nitrogens with zero attached hydrogens (tertiary/aromatic N) is 2. The van der Waals surface area contributed by atoms with Gasteiger partial charge in [-0.25, -0.2) is 0 Å². The van der Waals surface area contributed by atoms with Crippen molar-refractivity contribution in [1.82, 2.24) is 0 Å². The highest BCUT2D eigenvalue weighted by atomic mass is 15.3. The van der Waals surface area contributed by atoms with E-state index in [0.717, 1.165) is 23.7 Å². The minimum atomic E-state index is 0.0639. The third-order valence-corrected chi connectivity index (χ3v) is 13.9. The highest BCUT2D eigenvalue weighted by Gasteiger charge is 2.71. The quantitative estimate of drug-likeness (QED) is 0.186. The molecule has 3 heteroatoms. The van der Waals surface area contributed by atoms with E-state index in [0.29, 0.717) is 0 Å². The van der Waals surface area contributed by atoms with Gasteiger partial charge in [0.1, 0.15) is 0 Å². The molecule has 3 saturated carbocycles. The maximum Gasteiger partial charge on any atom is 0.252 e. The highest BCUT2D eigenvalue weighted by Crippen LogP contribution is 2.71. The fraction of sp³-hybridized carbons (Fsp3) is 0.415. The van der Waals surface area contributed by atoms with Crippen molar-refractivity contribution in [3.8, 4) is 0 Å². The minimum Gasteiger partial charge on any atom is -0.335 e. The number of fused-ring (bicyclic) bond motifs is 13. The van der Waals surface area contributed by atoms with Crippen LogP contribution in [0, 0.1) is 30.6 Å². The summed E-state index contributed by atoms with van der Waals surface area (Å²) in [5, 5.41) is 0. The van der Waals surface area contributed by atoms with Crippen LogP contribution in [-0.2, 0) is 5.41 Å². The molecule has 6 aliphatic rings. The molecule has 0 bridgehead atoms. The monoisotopic (exact) mass is 574 g/mol. The van der Waals surface area contributed by atoms with E-state index >= 15 is 0 Å². The number of hydrogen-bond donors (Lipinski definition) is 0. The summed E-state index contributed by atoms with van der Waals surface area (Å²) in [4.78, 5) is 5.57. The molecule has 3 fully saturated rings. The zero-order chi connectivity index (χ0) is 29.4. The van der Waals surface area contributed by atoms with Crippen LogP contribution in [0.2, 0.25) is 0 Å². The van der Waals surface area contributed by atoms with Crippen molar-refractivity contribution in [3.05, 3.63) is 96.1 Å². The normalized spacial score (nSPS) is 32.2. The van der Waals surface area contributed by atoms with E-state index in [1.807, 2.05) is 0 Å². The van der Waals surface area contributed by atoms with Crippen molar-refractivity contribution >= 4 is 51.5 Å². The average molecular weight is 575 g/mol. The van der Waals surface area contributed by atoms with Gasteiger partial charge in [-0.15, -0.1) is 0 Å². The summed E-state index contributed by atoms with van der Waals surface area (Å²) in [5.74, 6) is 3.23. The number of para-hydroxylation sites is 3. The van der Waals surface area contributed by atoms with Gasteiger partial charge in [-0.1, -0.05) is 87.2 Å². The number of hydrogen-bond acceptors (Lipinski definition) is 2. The summed E-state index contributed by atoms with van der Waals surface area (Å²) in [6.07, 6.45) is 11.3. The van der Waals surface area contributed by atoms with E-state index in [9.17, 15) is 0 Å². The molecule has 0 amide bonds. The molecule has 3 heterocycles. The molecule has 0 spiro atoms. The number of aryl methyl sites for hydroxylation is 1. The second-order valence-corrected chi connectivity index (χ2v) is 15.4. The summed E-state index contributed by atoms with van der Waals surface area (Å²) in [5.41, 5.74) is 14.9. The molecular formula is C41H43BN2. The van der Waals surface area contributed by atoms with Gasteiger partial charge in [-0.05, 0) is 121 Å². The first kappa shape index (κ1) is 25.8. The van der Waals surface area contributed by atoms with Crippen molar-refractivity contribution in [1.29, 1.82) is 0 Å². The van der Waals surface area contributed by atoms with Gasteiger partial charge < -0.3 is 9.80 Å². The van der Waals surface area contributed by atoms with Gasteiger partial charge >= 0.3 is 0 Å². The van der Waals surface area contributed by atoms with E-state index in [2.05, 4.69) is 116 Å². The van der Waals surface area contributed by atoms with E-state index in [1.54, 1.807) is 16.7 Å². The number of rotatable bonds is 1. The van der Waals surface area contributed by atoms with Gasteiger partial charge in [-0.2, -0.15) is 0 Å². The Morgan fingerprint density at radius 1 is 0.659 bits per heavy atom. The SMILES string of the molecule is Cc1cc2c3c4c1C1(C)C5CCCCC5C5CCCCC5C1(C)N4c1ccccc1B3c1ccccc1N2c1ccccc1. The fourth-order valence-corrected chi connectivity index (χ4v) is 12.4. The lowest BCUT2D eigenvalue weighted by Gasteiger charge is -2.66. The molecule has 0 N–H and O–H groups in total. The molecule has 4 aromatic carbocycles. The van der Waals surface area contributed by atoms with Crippen molar-refractivity contribution < 1.29 is 0 Å². The van der Waals surface area contributed by atoms with Crippen LogP contribution >= 0.6 is 0 Å². The summed E-state index contributed by atoms with van der Waals surface area (Å²) < 4.78 is 0. The van der Waals surface area contributed by atoms with Crippen LogP contribution < -0.4 is 26.2 Å². The zero-order valence-electron chi connectivity index (χ0n) is 26.5. The summed E-state index contributed by atoms with van der Waals surface area (Å²) in [6.45, 7) is 8.22. The van der Waals surface area contributed by atoms with Crippen molar-refractivity contribution in [2.45, 2.75) is 83.1 Å². The zero-order valence-corrected chi connectivity index (χ0v) is 26.5. The van der Waals surface area contributed by atoms with Gasteiger partial charge in [0.15, 0.2) is 0 Å². The Hall–Kier alpha value is -3.46. The third kappa shape index (κ3) is 2.87. The molecule has 3 aliphatic heterocycles. The molecule has 4 aromatic rings. The summed E-state index contributed by atoms with van der Waals surface area (Å²) in [7, 11) is 0. The second-order valence-electron chi connectivity index (χ2n) is 15.4. The Balaban J connectivity index is 1.34. The molecule has 0 radical (unpaired) electrons. The average Bonchev–Trinajstić information content (AvgIpc) is 3.30. The highest BCUT2D eigenvalue weighted by molar-refractivity contribution is 7.00. The number of anilines is 5.